The molecule has 3 heteroatoms. The second kappa shape index (κ2) is 9.88. The Kier molecular flexibility index (Phi) is 6.99. The molecular formula is C28H28NP2. The van der Waals surface area contributed by atoms with Gasteiger partial charge in [0, 0.05) is 0 Å². The summed E-state index contributed by atoms with van der Waals surface area (Å²) in [5.74, 6) is 0. The van der Waals surface area contributed by atoms with Crippen molar-refractivity contribution in [1.82, 2.24) is 5.32 Å². The van der Waals surface area contributed by atoms with Crippen LogP contribution >= 0.6 is 18.5 Å². The van der Waals surface area contributed by atoms with Crippen molar-refractivity contribution in [2.75, 3.05) is 12.3 Å². The van der Waals surface area contributed by atoms with E-state index in [0.717, 1.165) is 12.3 Å². The zero-order valence-electron chi connectivity index (χ0n) is 17.6. The second-order valence-corrected chi connectivity index (χ2v) is 8.52. The van der Waals surface area contributed by atoms with E-state index in [4.69, 9.17) is 5.32 Å². The summed E-state index contributed by atoms with van der Waals surface area (Å²) in [4.78, 5) is 0. The first-order valence-electron chi connectivity index (χ1n) is 10.6. The number of hydrogen-bond donors (Lipinski definition) is 0. The molecular weight excluding hydrogens is 412 g/mol. The largest absolute Gasteiger partial charge is 0.209 e. The van der Waals surface area contributed by atoms with Crippen LogP contribution in [-0.4, -0.2) is 12.3 Å². The fourth-order valence-electron chi connectivity index (χ4n) is 4.34. The molecule has 0 amide bonds. The first kappa shape index (κ1) is 21.9. The average Bonchev–Trinajstić information content (AvgIpc) is 2.87. The first-order chi connectivity index (χ1) is 15.2. The predicted molar refractivity (Wildman–Crippen MR) is 139 cm³/mol. The number of nitrogens with zero attached hydrogens (tertiary/aromatic N) is 1. The fourth-order valence-corrected chi connectivity index (χ4v) is 5.46. The zero-order chi connectivity index (χ0) is 21.6. The molecule has 4 aromatic rings. The second-order valence-electron chi connectivity index (χ2n) is 7.70. The van der Waals surface area contributed by atoms with Crippen LogP contribution in [0.2, 0.25) is 0 Å². The van der Waals surface area contributed by atoms with Gasteiger partial charge in [-0.25, -0.2) is 5.32 Å². The van der Waals surface area contributed by atoms with Crippen LogP contribution in [0, 0.1) is 0 Å². The van der Waals surface area contributed by atoms with E-state index in [-0.39, 0.29) is 0 Å². The fraction of sp³-hybridized carbons (Fsp3) is 0.143. The van der Waals surface area contributed by atoms with Gasteiger partial charge in [-0.05, 0) is 34.6 Å². The molecule has 2 atom stereocenters. The van der Waals surface area contributed by atoms with Gasteiger partial charge in [0.15, 0.2) is 0 Å². The van der Waals surface area contributed by atoms with Crippen LogP contribution < -0.4 is 5.32 Å². The highest BCUT2D eigenvalue weighted by atomic mass is 31.0. The minimum atomic E-state index is -0.505. The Morgan fingerprint density at radius 1 is 0.419 bits per heavy atom. The first-order valence-corrected chi connectivity index (χ1v) is 12.2. The summed E-state index contributed by atoms with van der Waals surface area (Å²) in [6.45, 7) is 0. The lowest BCUT2D eigenvalue weighted by molar-refractivity contribution is 0.310. The van der Waals surface area contributed by atoms with Gasteiger partial charge in [0.05, 0.1) is 11.1 Å². The molecule has 0 aromatic heterocycles. The van der Waals surface area contributed by atoms with Gasteiger partial charge < -0.3 is 0 Å². The molecule has 0 saturated carbocycles. The molecule has 1 radical (unpaired) electrons. The molecule has 155 valence electrons. The van der Waals surface area contributed by atoms with Crippen molar-refractivity contribution >= 4 is 18.5 Å². The number of hydrogen-bond acceptors (Lipinski definition) is 0. The molecule has 31 heavy (non-hydrogen) atoms. The van der Waals surface area contributed by atoms with Gasteiger partial charge >= 0.3 is 0 Å². The third-order valence-electron chi connectivity index (χ3n) is 5.98. The van der Waals surface area contributed by atoms with E-state index >= 15 is 0 Å². The van der Waals surface area contributed by atoms with Crippen LogP contribution in [0.15, 0.2) is 121 Å². The van der Waals surface area contributed by atoms with E-state index in [1.807, 2.05) is 0 Å². The molecule has 0 heterocycles. The van der Waals surface area contributed by atoms with Crippen LogP contribution in [0.4, 0.5) is 0 Å². The molecule has 0 spiro atoms. The van der Waals surface area contributed by atoms with Crippen molar-refractivity contribution in [2.24, 2.45) is 0 Å². The van der Waals surface area contributed by atoms with Gasteiger partial charge in [0.1, 0.15) is 0 Å². The van der Waals surface area contributed by atoms with Crippen molar-refractivity contribution < 1.29 is 0 Å². The Morgan fingerprint density at radius 2 is 0.645 bits per heavy atom. The van der Waals surface area contributed by atoms with Crippen molar-refractivity contribution in [3.63, 3.8) is 0 Å². The summed E-state index contributed by atoms with van der Waals surface area (Å²) in [5, 5.41) is 5.82. The number of benzene rings is 4. The van der Waals surface area contributed by atoms with Gasteiger partial charge in [-0.3, -0.25) is 0 Å². The summed E-state index contributed by atoms with van der Waals surface area (Å²) >= 11 is 0. The molecule has 4 aromatic carbocycles. The van der Waals surface area contributed by atoms with Crippen molar-refractivity contribution in [1.29, 1.82) is 0 Å². The smallest absolute Gasteiger partial charge is 0.0903 e. The highest BCUT2D eigenvalue weighted by molar-refractivity contribution is 7.16. The minimum Gasteiger partial charge on any atom is -0.209 e. The van der Waals surface area contributed by atoms with E-state index in [0.29, 0.717) is 0 Å². The summed E-state index contributed by atoms with van der Waals surface area (Å²) in [6.07, 6.45) is 1.57. The summed E-state index contributed by atoms with van der Waals surface area (Å²) in [7, 11) is 5.93. The average molecular weight is 440 g/mol. The highest BCUT2D eigenvalue weighted by Gasteiger charge is 2.44. The predicted octanol–water partition coefficient (Wildman–Crippen LogP) is 6.23. The molecule has 0 aliphatic heterocycles. The maximum atomic E-state index is 5.82. The van der Waals surface area contributed by atoms with Gasteiger partial charge in [-0.2, -0.15) is 0 Å². The Balaban J connectivity index is 1.98. The lowest BCUT2D eigenvalue weighted by Crippen LogP contribution is -2.52. The lowest BCUT2D eigenvalue weighted by atomic mass is 9.77. The Hall–Kier alpha value is -2.30. The van der Waals surface area contributed by atoms with Gasteiger partial charge in [0.2, 0.25) is 0 Å². The van der Waals surface area contributed by atoms with Gasteiger partial charge in [0.25, 0.3) is 0 Å². The van der Waals surface area contributed by atoms with Crippen LogP contribution in [0.25, 0.3) is 0 Å². The van der Waals surface area contributed by atoms with Crippen molar-refractivity contribution in [3.05, 3.63) is 144 Å². The monoisotopic (exact) mass is 440 g/mol. The zero-order valence-corrected chi connectivity index (χ0v) is 19.9. The minimum absolute atomic E-state index is 0.505. The van der Waals surface area contributed by atoms with Gasteiger partial charge in [-0.15, -0.1) is 18.5 Å². The van der Waals surface area contributed by atoms with Crippen molar-refractivity contribution in [2.45, 2.75) is 11.1 Å². The molecule has 0 aliphatic rings. The molecule has 0 N–H and O–H groups in total. The van der Waals surface area contributed by atoms with Crippen LogP contribution in [0.3, 0.4) is 0 Å². The van der Waals surface area contributed by atoms with E-state index in [2.05, 4.69) is 140 Å². The third kappa shape index (κ3) is 4.24. The Morgan fingerprint density at radius 3 is 0.839 bits per heavy atom. The third-order valence-corrected chi connectivity index (χ3v) is 7.16. The normalized spacial score (nSPS) is 11.9. The summed E-state index contributed by atoms with van der Waals surface area (Å²) in [5.41, 5.74) is 3.79. The Bertz CT molecular complexity index is 899. The summed E-state index contributed by atoms with van der Waals surface area (Å²) in [6, 6.07) is 42.7. The summed E-state index contributed by atoms with van der Waals surface area (Å²) < 4.78 is 0. The Labute approximate surface area is 190 Å². The molecule has 0 bridgehead atoms. The SMILES string of the molecule is PCC([N]C(CP)(c1ccccc1)c1ccccc1)(c1ccccc1)c1ccccc1. The molecule has 0 saturated heterocycles. The molecule has 4 rings (SSSR count). The highest BCUT2D eigenvalue weighted by Crippen LogP contribution is 2.42. The van der Waals surface area contributed by atoms with E-state index < -0.39 is 11.1 Å². The maximum Gasteiger partial charge on any atom is 0.0903 e. The van der Waals surface area contributed by atoms with Gasteiger partial charge in [-0.1, -0.05) is 121 Å². The molecule has 0 aliphatic carbocycles. The number of rotatable bonds is 8. The molecule has 1 nitrogen and oxygen atoms in total. The molecule has 2 unspecified atom stereocenters. The maximum absolute atomic E-state index is 5.82. The quantitative estimate of drug-likeness (QED) is 0.289. The van der Waals surface area contributed by atoms with Crippen molar-refractivity contribution in [3.8, 4) is 0 Å². The standard InChI is InChI=1S/C28H28NP2/c30-21-27(23-13-5-1-6-14-23,24-15-7-2-8-16-24)29-28(22-31,25-17-9-3-10-18-25)26-19-11-4-12-20-26/h1-20H,21-22,30-31H2. The van der Waals surface area contributed by atoms with E-state index in [9.17, 15) is 0 Å². The van der Waals surface area contributed by atoms with Crippen LogP contribution in [-0.2, 0) is 11.1 Å². The van der Waals surface area contributed by atoms with E-state index in [1.54, 1.807) is 0 Å². The molecule has 0 fully saturated rings. The van der Waals surface area contributed by atoms with E-state index in [1.165, 1.54) is 22.3 Å². The van der Waals surface area contributed by atoms with Crippen LogP contribution in [0.5, 0.6) is 0 Å². The lowest BCUT2D eigenvalue weighted by Gasteiger charge is -2.44. The van der Waals surface area contributed by atoms with Crippen LogP contribution in [0.1, 0.15) is 22.3 Å². The topological polar surface area (TPSA) is 14.1 Å².